The number of amides is 2. The summed E-state index contributed by atoms with van der Waals surface area (Å²) in [4.78, 5) is 44.4. The highest BCUT2D eigenvalue weighted by atomic mass is 79.9. The smallest absolute Gasteiger partial charge is 0.338 e. The molecular weight excluding hydrogens is 642 g/mol. The van der Waals surface area contributed by atoms with Crippen LogP contribution in [0.15, 0.2) is 70.6 Å². The molecule has 0 aliphatic carbocycles. The second-order valence-corrected chi connectivity index (χ2v) is 12.7. The van der Waals surface area contributed by atoms with Crippen LogP contribution in [0.1, 0.15) is 50.5 Å². The lowest BCUT2D eigenvalue weighted by molar-refractivity contribution is 0.0601. The monoisotopic (exact) mass is 671 g/mol. The number of aromatic amines is 1. The van der Waals surface area contributed by atoms with Gasteiger partial charge in [0.15, 0.2) is 0 Å². The zero-order valence-electron chi connectivity index (χ0n) is 24.4. The molecule has 5 aromatic rings. The van der Waals surface area contributed by atoms with Crippen molar-refractivity contribution in [3.63, 3.8) is 0 Å². The van der Waals surface area contributed by atoms with Gasteiger partial charge < -0.3 is 25.1 Å². The molecule has 0 saturated carbocycles. The summed E-state index contributed by atoms with van der Waals surface area (Å²) in [6.07, 6.45) is 2.58. The molecule has 3 heterocycles. The van der Waals surface area contributed by atoms with Crippen LogP contribution in [0, 0.1) is 5.92 Å². The number of thiophene rings is 1. The Labute approximate surface area is 266 Å². The molecule has 8 nitrogen and oxygen atoms in total. The number of hydrogen-bond donors (Lipinski definition) is 3. The predicted molar refractivity (Wildman–Crippen MR) is 177 cm³/mol. The molecule has 3 aromatic carbocycles. The van der Waals surface area contributed by atoms with Crippen molar-refractivity contribution >= 4 is 61.6 Å². The van der Waals surface area contributed by atoms with Gasteiger partial charge in [0, 0.05) is 51.6 Å². The number of fused-ring (bicyclic) bond motifs is 4. The van der Waals surface area contributed by atoms with Gasteiger partial charge in [-0.25, -0.2) is 4.79 Å². The van der Waals surface area contributed by atoms with Crippen LogP contribution in [0.4, 0.5) is 5.69 Å². The molecule has 0 spiro atoms. The number of carbonyl (C=O) groups excluding carboxylic acids is 3. The Morgan fingerprint density at radius 1 is 1.00 bits per heavy atom. The van der Waals surface area contributed by atoms with E-state index in [9.17, 15) is 14.4 Å². The van der Waals surface area contributed by atoms with Gasteiger partial charge in [0.2, 0.25) is 0 Å². The minimum atomic E-state index is -0.623. The van der Waals surface area contributed by atoms with Gasteiger partial charge in [0.1, 0.15) is 5.75 Å². The number of methoxy groups -OCH3 is 1. The lowest BCUT2D eigenvalue weighted by Crippen LogP contribution is -2.27. The lowest BCUT2D eigenvalue weighted by atomic mass is 9.91. The molecule has 0 unspecified atom stereocenters. The number of halogens is 1. The topological polar surface area (TPSA) is 110 Å². The van der Waals surface area contributed by atoms with Gasteiger partial charge in [0.05, 0.1) is 29.4 Å². The zero-order chi connectivity index (χ0) is 31.0. The third-order valence-electron chi connectivity index (χ3n) is 7.55. The van der Waals surface area contributed by atoms with Crippen molar-refractivity contribution in [3.8, 4) is 27.3 Å². The molecular formula is C34H30BrN3O5S. The zero-order valence-corrected chi connectivity index (χ0v) is 26.8. The number of carbonyl (C=O) groups is 3. The summed E-state index contributed by atoms with van der Waals surface area (Å²) < 4.78 is 12.1. The first kappa shape index (κ1) is 29.7. The van der Waals surface area contributed by atoms with Gasteiger partial charge in [-0.05, 0) is 92.4 Å². The van der Waals surface area contributed by atoms with E-state index in [4.69, 9.17) is 9.47 Å². The largest absolute Gasteiger partial charge is 0.493 e. The standard InChI is InChI=1S/C34H30BrN3O5S/c1-18(2)17-37-32(39)20-4-5-21(25(14-20)34(41)42-3)23-16-29-26(31-19(9-12-43-29)10-13-44-31)15-24(23)33(40)38-28-7-6-27-22(30(28)35)8-11-36-27/h4-8,10-11,13-16,18,36H,9,12,17H2,1-3H3,(H,37,39)(H,38,40). The first-order chi connectivity index (χ1) is 21.2. The molecule has 224 valence electrons. The van der Waals surface area contributed by atoms with E-state index >= 15 is 0 Å². The third kappa shape index (κ3) is 5.62. The van der Waals surface area contributed by atoms with E-state index < -0.39 is 5.97 Å². The van der Waals surface area contributed by atoms with E-state index in [0.29, 0.717) is 46.8 Å². The van der Waals surface area contributed by atoms with Crippen molar-refractivity contribution in [1.82, 2.24) is 10.3 Å². The highest BCUT2D eigenvalue weighted by Gasteiger charge is 2.26. The first-order valence-electron chi connectivity index (χ1n) is 14.2. The number of esters is 1. The molecule has 6 rings (SSSR count). The molecule has 10 heteroatoms. The van der Waals surface area contributed by atoms with E-state index in [1.807, 2.05) is 55.8 Å². The Morgan fingerprint density at radius 3 is 2.64 bits per heavy atom. The number of benzene rings is 3. The van der Waals surface area contributed by atoms with E-state index in [1.54, 1.807) is 23.5 Å². The lowest BCUT2D eigenvalue weighted by Gasteiger charge is -2.18. The van der Waals surface area contributed by atoms with Crippen molar-refractivity contribution in [2.45, 2.75) is 20.3 Å². The van der Waals surface area contributed by atoms with Crippen LogP contribution in [0.5, 0.6) is 5.75 Å². The maximum Gasteiger partial charge on any atom is 0.338 e. The average Bonchev–Trinajstić information content (AvgIpc) is 3.67. The van der Waals surface area contributed by atoms with E-state index in [0.717, 1.165) is 37.8 Å². The normalized spacial score (nSPS) is 12.2. The van der Waals surface area contributed by atoms with Crippen LogP contribution in [-0.4, -0.2) is 43.0 Å². The van der Waals surface area contributed by atoms with E-state index in [-0.39, 0.29) is 23.3 Å². The number of rotatable bonds is 7. The van der Waals surface area contributed by atoms with Gasteiger partial charge in [-0.15, -0.1) is 11.3 Å². The molecule has 2 amide bonds. The summed E-state index contributed by atoms with van der Waals surface area (Å²) in [6.45, 7) is 4.98. The maximum atomic E-state index is 14.2. The second-order valence-electron chi connectivity index (χ2n) is 10.9. The summed E-state index contributed by atoms with van der Waals surface area (Å²) >= 11 is 5.24. The summed E-state index contributed by atoms with van der Waals surface area (Å²) in [7, 11) is 1.29. The third-order valence-corrected chi connectivity index (χ3v) is 9.39. The van der Waals surface area contributed by atoms with Gasteiger partial charge in [0.25, 0.3) is 11.8 Å². The molecule has 0 radical (unpaired) electrons. The predicted octanol–water partition coefficient (Wildman–Crippen LogP) is 7.69. The van der Waals surface area contributed by atoms with Crippen molar-refractivity contribution in [2.24, 2.45) is 5.92 Å². The van der Waals surface area contributed by atoms with Crippen molar-refractivity contribution in [1.29, 1.82) is 0 Å². The number of H-pyrrole nitrogens is 1. The Morgan fingerprint density at radius 2 is 1.84 bits per heavy atom. The Bertz CT molecular complexity index is 1930. The van der Waals surface area contributed by atoms with Crippen LogP contribution in [-0.2, 0) is 11.2 Å². The van der Waals surface area contributed by atoms with Crippen molar-refractivity contribution in [3.05, 3.63) is 92.9 Å². The second kappa shape index (κ2) is 12.3. The fraction of sp³-hybridized carbons (Fsp3) is 0.206. The molecule has 0 saturated heterocycles. The number of aromatic nitrogens is 1. The Kier molecular flexibility index (Phi) is 8.29. The minimum absolute atomic E-state index is 0.166. The van der Waals surface area contributed by atoms with E-state index in [1.165, 1.54) is 13.2 Å². The molecule has 3 N–H and O–H groups in total. The summed E-state index contributed by atoms with van der Waals surface area (Å²) in [5.41, 5.74) is 5.25. The quantitative estimate of drug-likeness (QED) is 0.154. The minimum Gasteiger partial charge on any atom is -0.493 e. The molecule has 44 heavy (non-hydrogen) atoms. The summed E-state index contributed by atoms with van der Waals surface area (Å²) in [5.74, 6) is -0.408. The molecule has 0 fully saturated rings. The van der Waals surface area contributed by atoms with Gasteiger partial charge in [-0.2, -0.15) is 0 Å². The number of anilines is 1. The molecule has 0 atom stereocenters. The van der Waals surface area contributed by atoms with Crippen LogP contribution in [0.25, 0.3) is 32.5 Å². The SMILES string of the molecule is COC(=O)c1cc(C(=O)NCC(C)C)ccc1-c1cc2c(cc1C(=O)Nc1ccc3[nH]ccc3c1Br)-c1sccc1CCO2. The fourth-order valence-corrected chi connectivity index (χ4v) is 6.86. The van der Waals surface area contributed by atoms with E-state index in [2.05, 4.69) is 37.6 Å². The van der Waals surface area contributed by atoms with Crippen LogP contribution in [0.2, 0.25) is 0 Å². The summed E-state index contributed by atoms with van der Waals surface area (Å²) in [6, 6.07) is 16.2. The maximum absolute atomic E-state index is 14.2. The van der Waals surface area contributed by atoms with Gasteiger partial charge in [-0.1, -0.05) is 19.9 Å². The van der Waals surface area contributed by atoms with Crippen LogP contribution in [0.3, 0.4) is 0 Å². The molecule has 1 aliphatic heterocycles. The number of hydrogen-bond acceptors (Lipinski definition) is 6. The molecule has 0 bridgehead atoms. The average molecular weight is 673 g/mol. The fourth-order valence-electron chi connectivity index (χ4n) is 5.31. The first-order valence-corrected chi connectivity index (χ1v) is 15.9. The highest BCUT2D eigenvalue weighted by molar-refractivity contribution is 9.10. The number of nitrogens with one attached hydrogen (secondary N) is 3. The van der Waals surface area contributed by atoms with Crippen molar-refractivity contribution in [2.75, 3.05) is 25.6 Å². The molecule has 2 aromatic heterocycles. The van der Waals surface area contributed by atoms with Crippen LogP contribution < -0.4 is 15.4 Å². The Balaban J connectivity index is 1.50. The number of ether oxygens (including phenoxy) is 2. The van der Waals surface area contributed by atoms with Crippen molar-refractivity contribution < 1.29 is 23.9 Å². The van der Waals surface area contributed by atoms with Gasteiger partial charge in [-0.3, -0.25) is 9.59 Å². The van der Waals surface area contributed by atoms with Crippen LogP contribution >= 0.6 is 27.3 Å². The highest BCUT2D eigenvalue weighted by Crippen LogP contribution is 2.44. The summed E-state index contributed by atoms with van der Waals surface area (Å²) in [5, 5.41) is 8.92. The molecule has 1 aliphatic rings. The Hall–Kier alpha value is -4.41. The van der Waals surface area contributed by atoms with Gasteiger partial charge >= 0.3 is 5.97 Å².